The maximum Gasteiger partial charge on any atom is 0.248 e. The van der Waals surface area contributed by atoms with Gasteiger partial charge in [-0.1, -0.05) is 17.3 Å². The van der Waals surface area contributed by atoms with Crippen molar-refractivity contribution < 1.29 is 27.6 Å². The molecule has 0 saturated carbocycles. The third-order valence-corrected chi connectivity index (χ3v) is 8.28. The van der Waals surface area contributed by atoms with Gasteiger partial charge in [0.2, 0.25) is 15.9 Å². The summed E-state index contributed by atoms with van der Waals surface area (Å²) in [5, 5.41) is 21.5. The summed E-state index contributed by atoms with van der Waals surface area (Å²) >= 11 is 0. The van der Waals surface area contributed by atoms with Crippen LogP contribution in [0.5, 0.6) is 0 Å². The third-order valence-electron chi connectivity index (χ3n) is 6.21. The first-order valence-electron chi connectivity index (χ1n) is 11.3. The van der Waals surface area contributed by atoms with Crippen LogP contribution in [0.2, 0.25) is 0 Å². The predicted molar refractivity (Wildman–Crippen MR) is 121 cm³/mol. The minimum absolute atomic E-state index is 0.0452. The van der Waals surface area contributed by atoms with E-state index in [0.717, 1.165) is 5.69 Å². The van der Waals surface area contributed by atoms with Gasteiger partial charge < -0.3 is 19.3 Å². The van der Waals surface area contributed by atoms with Crippen molar-refractivity contribution in [3.05, 3.63) is 23.3 Å². The van der Waals surface area contributed by atoms with Crippen LogP contribution in [0.25, 0.3) is 0 Å². The van der Waals surface area contributed by atoms with Gasteiger partial charge in [-0.2, -0.15) is 4.31 Å². The molecule has 0 bridgehead atoms. The van der Waals surface area contributed by atoms with Crippen LogP contribution in [0.4, 0.5) is 0 Å². The Labute approximate surface area is 199 Å². The van der Waals surface area contributed by atoms with Crippen molar-refractivity contribution in [3.63, 3.8) is 0 Å². The summed E-state index contributed by atoms with van der Waals surface area (Å²) in [5.74, 6) is -0.0874. The molecule has 0 fully saturated rings. The zero-order valence-electron chi connectivity index (χ0n) is 20.3. The number of aromatic nitrogens is 4. The van der Waals surface area contributed by atoms with Gasteiger partial charge in [-0.25, -0.2) is 13.1 Å². The van der Waals surface area contributed by atoms with Gasteiger partial charge in [-0.05, 0) is 27.2 Å². The molecule has 13 heteroatoms. The molecule has 0 unspecified atom stereocenters. The van der Waals surface area contributed by atoms with Crippen molar-refractivity contribution >= 4 is 15.9 Å². The number of hydrogen-bond donors (Lipinski definition) is 1. The lowest BCUT2D eigenvalue weighted by Gasteiger charge is -2.35. The number of aryl methyl sites for hydroxylation is 3. The second-order valence-electron chi connectivity index (χ2n) is 8.90. The topological polar surface area (TPSA) is 144 Å². The number of nitrogens with zero attached hydrogens (tertiary/aromatic N) is 6. The molecule has 0 saturated heterocycles. The van der Waals surface area contributed by atoms with E-state index in [1.807, 2.05) is 6.92 Å². The van der Waals surface area contributed by atoms with E-state index in [-0.39, 0.29) is 48.3 Å². The van der Waals surface area contributed by atoms with E-state index in [2.05, 4.69) is 15.5 Å². The number of aliphatic hydroxyl groups excluding tert-OH is 1. The van der Waals surface area contributed by atoms with Crippen molar-refractivity contribution in [3.8, 4) is 0 Å². The Bertz CT molecular complexity index is 1060. The lowest BCUT2D eigenvalue weighted by atomic mass is 10.0. The molecule has 1 amide bonds. The van der Waals surface area contributed by atoms with Crippen LogP contribution >= 0.6 is 0 Å². The van der Waals surface area contributed by atoms with Gasteiger partial charge in [0.1, 0.15) is 10.6 Å². The average Bonchev–Trinajstić information content (AvgIpc) is 3.38. The highest BCUT2D eigenvalue weighted by atomic mass is 32.2. The fraction of sp³-hybridized carbons (Fsp3) is 0.714. The minimum Gasteiger partial charge on any atom is -0.394 e. The Hall–Kier alpha value is -2.35. The van der Waals surface area contributed by atoms with Gasteiger partial charge in [0, 0.05) is 39.0 Å². The van der Waals surface area contributed by atoms with Crippen LogP contribution in [0.3, 0.4) is 0 Å². The third kappa shape index (κ3) is 5.65. The quantitative estimate of drug-likeness (QED) is 0.609. The lowest BCUT2D eigenvalue weighted by Crippen LogP contribution is -2.48. The fourth-order valence-electron chi connectivity index (χ4n) is 4.10. The molecule has 0 radical (unpaired) electrons. The molecule has 1 aliphatic heterocycles. The Balaban J connectivity index is 1.89. The van der Waals surface area contributed by atoms with Gasteiger partial charge >= 0.3 is 0 Å². The summed E-state index contributed by atoms with van der Waals surface area (Å²) in [4.78, 5) is 14.6. The molecule has 34 heavy (non-hydrogen) atoms. The van der Waals surface area contributed by atoms with Gasteiger partial charge in [-0.3, -0.25) is 4.79 Å². The van der Waals surface area contributed by atoms with Gasteiger partial charge in [-0.15, -0.1) is 5.10 Å². The van der Waals surface area contributed by atoms with Crippen LogP contribution in [-0.4, -0.2) is 87.7 Å². The Morgan fingerprint density at radius 3 is 2.74 bits per heavy atom. The van der Waals surface area contributed by atoms with E-state index in [9.17, 15) is 18.3 Å². The Morgan fingerprint density at radius 2 is 2.09 bits per heavy atom. The molecule has 1 aliphatic rings. The zero-order chi connectivity index (χ0) is 25.0. The Kier molecular flexibility index (Phi) is 8.44. The highest BCUT2D eigenvalue weighted by molar-refractivity contribution is 7.89. The van der Waals surface area contributed by atoms with Crippen molar-refractivity contribution in [2.24, 2.45) is 5.92 Å². The van der Waals surface area contributed by atoms with E-state index in [1.54, 1.807) is 36.5 Å². The number of carbonyl (C=O) groups excluding carboxylic acids is 1. The lowest BCUT2D eigenvalue weighted by molar-refractivity contribution is -0.136. The van der Waals surface area contributed by atoms with Crippen LogP contribution in [0.15, 0.2) is 15.6 Å². The molecule has 0 spiro atoms. The van der Waals surface area contributed by atoms with Crippen LogP contribution in [0, 0.1) is 19.8 Å². The maximum atomic E-state index is 13.3. The number of likely N-dealkylation sites (N-methyl/N-ethyl adjacent to an activating group) is 1. The summed E-state index contributed by atoms with van der Waals surface area (Å²) in [6.45, 7) is 7.74. The van der Waals surface area contributed by atoms with E-state index >= 15 is 0 Å². The first kappa shape index (κ1) is 26.3. The van der Waals surface area contributed by atoms with Crippen molar-refractivity contribution in [1.82, 2.24) is 29.4 Å². The molecule has 2 aromatic rings. The highest BCUT2D eigenvalue weighted by Crippen LogP contribution is 2.24. The first-order valence-corrected chi connectivity index (χ1v) is 12.8. The normalized spacial score (nSPS) is 21.7. The summed E-state index contributed by atoms with van der Waals surface area (Å²) in [6, 6.07) is -0.371. The SMILES string of the molecule is Cc1noc(C)c1S(=O)(=O)N(C)C[C@H]1OCc2cnnn2CCCC(=O)N([C@H](C)CO)C[C@@H]1C. The standard InChI is InChI=1S/C21H34N6O6S/c1-14-10-26(15(2)12-28)20(29)7-6-8-27-18(9-22-24-27)13-32-19(14)11-25(5)34(30,31)21-16(3)23-33-17(21)4/h9,14-15,19,28H,6-8,10-13H2,1-5H3/t14-,15+,19+/m0/s1. The predicted octanol–water partition coefficient (Wildman–Crippen LogP) is 0.728. The van der Waals surface area contributed by atoms with Crippen LogP contribution in [0.1, 0.15) is 43.8 Å². The molecule has 3 rings (SSSR count). The number of ether oxygens (including phenoxy) is 1. The van der Waals surface area contributed by atoms with Gasteiger partial charge in [0.25, 0.3) is 0 Å². The summed E-state index contributed by atoms with van der Waals surface area (Å²) < 4.78 is 40.7. The fourth-order valence-corrected chi connectivity index (χ4v) is 5.56. The molecule has 3 atom stereocenters. The summed E-state index contributed by atoms with van der Waals surface area (Å²) in [7, 11) is -2.39. The molecular formula is C21H34N6O6S. The van der Waals surface area contributed by atoms with Crippen LogP contribution in [-0.2, 0) is 32.7 Å². The average molecular weight is 499 g/mol. The number of fused-ring (bicyclic) bond motifs is 1. The summed E-state index contributed by atoms with van der Waals surface area (Å²) in [6.07, 6.45) is 1.95. The molecule has 2 aromatic heterocycles. The number of carbonyl (C=O) groups is 1. The van der Waals surface area contributed by atoms with Crippen molar-refractivity contribution in [2.75, 3.05) is 26.7 Å². The van der Waals surface area contributed by atoms with Gasteiger partial charge in [0.05, 0.1) is 37.3 Å². The van der Waals surface area contributed by atoms with Gasteiger partial charge in [0.15, 0.2) is 5.76 Å². The molecule has 0 aliphatic carbocycles. The molecule has 190 valence electrons. The van der Waals surface area contributed by atoms with Crippen molar-refractivity contribution in [2.45, 2.75) is 70.7 Å². The number of amides is 1. The largest absolute Gasteiger partial charge is 0.394 e. The summed E-state index contributed by atoms with van der Waals surface area (Å²) in [5.41, 5.74) is 1.04. The van der Waals surface area contributed by atoms with E-state index in [0.29, 0.717) is 31.6 Å². The van der Waals surface area contributed by atoms with Crippen LogP contribution < -0.4 is 0 Å². The maximum absolute atomic E-state index is 13.3. The first-order chi connectivity index (χ1) is 16.1. The van der Waals surface area contributed by atoms with E-state index < -0.39 is 16.1 Å². The zero-order valence-corrected chi connectivity index (χ0v) is 21.2. The number of sulfonamides is 1. The highest BCUT2D eigenvalue weighted by Gasteiger charge is 2.33. The number of aliphatic hydroxyl groups is 1. The monoisotopic (exact) mass is 498 g/mol. The van der Waals surface area contributed by atoms with Crippen molar-refractivity contribution in [1.29, 1.82) is 0 Å². The Morgan fingerprint density at radius 1 is 1.35 bits per heavy atom. The minimum atomic E-state index is -3.88. The molecule has 0 aromatic carbocycles. The molecule has 12 nitrogen and oxygen atoms in total. The molecule has 1 N–H and O–H groups in total. The second-order valence-corrected chi connectivity index (χ2v) is 10.9. The van der Waals surface area contributed by atoms with E-state index in [4.69, 9.17) is 9.26 Å². The molecule has 3 heterocycles. The molecular weight excluding hydrogens is 464 g/mol. The smallest absolute Gasteiger partial charge is 0.248 e. The number of rotatable bonds is 6. The van der Waals surface area contributed by atoms with E-state index in [1.165, 1.54) is 11.4 Å². The second kappa shape index (κ2) is 10.9. The number of hydrogen-bond acceptors (Lipinski definition) is 9.